The summed E-state index contributed by atoms with van der Waals surface area (Å²) < 4.78 is 1.88. The molecule has 1 aromatic heterocycles. The summed E-state index contributed by atoms with van der Waals surface area (Å²) in [6.45, 7) is 9.91. The minimum Gasteiger partial charge on any atom is -0.336 e. The number of benzene rings is 1. The first-order valence-electron chi connectivity index (χ1n) is 10.2. The second-order valence-corrected chi connectivity index (χ2v) is 7.84. The highest BCUT2D eigenvalue weighted by molar-refractivity contribution is 6.03. The van der Waals surface area contributed by atoms with Crippen LogP contribution in [-0.2, 0) is 11.3 Å². The smallest absolute Gasteiger partial charge is 0.278 e. The SMILES string of the molecule is CC(=O)N(Cc1ccc(NC(=O)c2nnn(C3CCNCC3)c2C)cc1)C(C)C. The first-order chi connectivity index (χ1) is 13.9. The average Bonchev–Trinajstić information content (AvgIpc) is 3.09. The average molecular weight is 399 g/mol. The van der Waals surface area contributed by atoms with Crippen molar-refractivity contribution in [2.45, 2.75) is 59.2 Å². The number of hydrogen-bond donors (Lipinski definition) is 2. The Kier molecular flexibility index (Phi) is 6.64. The number of carbonyl (C=O) groups excluding carboxylic acids is 2. The second-order valence-electron chi connectivity index (χ2n) is 7.84. The van der Waals surface area contributed by atoms with Crippen LogP contribution in [0.4, 0.5) is 5.69 Å². The molecule has 0 bridgehead atoms. The fourth-order valence-electron chi connectivity index (χ4n) is 3.69. The van der Waals surface area contributed by atoms with E-state index in [1.54, 1.807) is 11.8 Å². The summed E-state index contributed by atoms with van der Waals surface area (Å²) >= 11 is 0. The van der Waals surface area contributed by atoms with E-state index in [2.05, 4.69) is 20.9 Å². The largest absolute Gasteiger partial charge is 0.336 e. The van der Waals surface area contributed by atoms with E-state index in [9.17, 15) is 9.59 Å². The second kappa shape index (κ2) is 9.17. The van der Waals surface area contributed by atoms with E-state index < -0.39 is 0 Å². The Morgan fingerprint density at radius 2 is 1.90 bits per heavy atom. The standard InChI is InChI=1S/C21H30N6O2/c1-14(2)26(16(4)28)13-17-5-7-18(8-6-17)23-21(29)20-15(3)27(25-24-20)19-9-11-22-12-10-19/h5-8,14,19,22H,9-13H2,1-4H3,(H,23,29). The molecule has 0 saturated carbocycles. The molecule has 0 aliphatic carbocycles. The Morgan fingerprint density at radius 3 is 2.48 bits per heavy atom. The van der Waals surface area contributed by atoms with Crippen LogP contribution in [0.15, 0.2) is 24.3 Å². The third kappa shape index (κ3) is 5.00. The molecule has 0 atom stereocenters. The van der Waals surface area contributed by atoms with Gasteiger partial charge < -0.3 is 15.5 Å². The number of nitrogens with one attached hydrogen (secondary N) is 2. The third-order valence-electron chi connectivity index (χ3n) is 5.39. The maximum atomic E-state index is 12.7. The van der Waals surface area contributed by atoms with Crippen molar-refractivity contribution in [3.8, 4) is 0 Å². The third-order valence-corrected chi connectivity index (χ3v) is 5.39. The van der Waals surface area contributed by atoms with Crippen LogP contribution in [0.1, 0.15) is 61.4 Å². The lowest BCUT2D eigenvalue weighted by molar-refractivity contribution is -0.131. The fourth-order valence-corrected chi connectivity index (χ4v) is 3.69. The Hall–Kier alpha value is -2.74. The monoisotopic (exact) mass is 398 g/mol. The molecule has 1 saturated heterocycles. The Labute approximate surface area is 171 Å². The highest BCUT2D eigenvalue weighted by atomic mass is 16.2. The van der Waals surface area contributed by atoms with Gasteiger partial charge in [0.25, 0.3) is 5.91 Å². The van der Waals surface area contributed by atoms with Crippen LogP contribution in [0.3, 0.4) is 0 Å². The number of piperidine rings is 1. The predicted molar refractivity (Wildman–Crippen MR) is 112 cm³/mol. The molecule has 1 aromatic carbocycles. The maximum absolute atomic E-state index is 12.7. The van der Waals surface area contributed by atoms with Crippen LogP contribution in [0, 0.1) is 6.92 Å². The molecular weight excluding hydrogens is 368 g/mol. The molecule has 29 heavy (non-hydrogen) atoms. The van der Waals surface area contributed by atoms with E-state index in [1.165, 1.54) is 0 Å². The van der Waals surface area contributed by atoms with Gasteiger partial charge in [0.1, 0.15) is 0 Å². The molecule has 1 fully saturated rings. The van der Waals surface area contributed by atoms with E-state index in [0.29, 0.717) is 17.9 Å². The van der Waals surface area contributed by atoms with E-state index in [0.717, 1.165) is 37.2 Å². The Morgan fingerprint density at radius 1 is 1.24 bits per heavy atom. The first kappa shape index (κ1) is 21.0. The molecule has 2 aromatic rings. The molecule has 0 unspecified atom stereocenters. The van der Waals surface area contributed by atoms with Gasteiger partial charge in [0.15, 0.2) is 5.69 Å². The number of hydrogen-bond acceptors (Lipinski definition) is 5. The van der Waals surface area contributed by atoms with Crippen molar-refractivity contribution in [3.63, 3.8) is 0 Å². The van der Waals surface area contributed by atoms with Crippen LogP contribution in [0.5, 0.6) is 0 Å². The van der Waals surface area contributed by atoms with Gasteiger partial charge in [0, 0.05) is 25.2 Å². The molecule has 2 N–H and O–H groups in total. The zero-order valence-corrected chi connectivity index (χ0v) is 17.6. The summed E-state index contributed by atoms with van der Waals surface area (Å²) in [5.41, 5.74) is 2.85. The lowest BCUT2D eigenvalue weighted by Gasteiger charge is -2.25. The van der Waals surface area contributed by atoms with Gasteiger partial charge in [-0.1, -0.05) is 17.3 Å². The van der Waals surface area contributed by atoms with Crippen LogP contribution < -0.4 is 10.6 Å². The summed E-state index contributed by atoms with van der Waals surface area (Å²) in [6, 6.07) is 7.96. The van der Waals surface area contributed by atoms with Crippen LogP contribution in [-0.4, -0.2) is 50.8 Å². The molecule has 0 spiro atoms. The van der Waals surface area contributed by atoms with Gasteiger partial charge in [0.2, 0.25) is 5.91 Å². The minimum atomic E-state index is -0.261. The summed E-state index contributed by atoms with van der Waals surface area (Å²) in [6.07, 6.45) is 1.97. The number of anilines is 1. The van der Waals surface area contributed by atoms with E-state index in [-0.39, 0.29) is 23.9 Å². The predicted octanol–water partition coefficient (Wildman–Crippen LogP) is 2.52. The maximum Gasteiger partial charge on any atom is 0.278 e. The highest BCUT2D eigenvalue weighted by Crippen LogP contribution is 2.21. The lowest BCUT2D eigenvalue weighted by atomic mass is 10.1. The number of aromatic nitrogens is 3. The molecule has 156 valence electrons. The fraction of sp³-hybridized carbons (Fsp3) is 0.524. The molecule has 8 heteroatoms. The van der Waals surface area contributed by atoms with E-state index in [4.69, 9.17) is 0 Å². The van der Waals surface area contributed by atoms with Gasteiger partial charge in [-0.3, -0.25) is 9.59 Å². The van der Waals surface area contributed by atoms with Crippen LogP contribution in [0.25, 0.3) is 0 Å². The normalized spacial score (nSPS) is 14.8. The topological polar surface area (TPSA) is 92.2 Å². The molecule has 0 radical (unpaired) electrons. The van der Waals surface area contributed by atoms with Crippen molar-refractivity contribution in [2.75, 3.05) is 18.4 Å². The van der Waals surface area contributed by atoms with Crippen molar-refractivity contribution in [1.29, 1.82) is 0 Å². The Balaban J connectivity index is 1.65. The number of amides is 2. The van der Waals surface area contributed by atoms with E-state index >= 15 is 0 Å². The molecule has 2 heterocycles. The zero-order chi connectivity index (χ0) is 21.0. The van der Waals surface area contributed by atoms with Gasteiger partial charge >= 0.3 is 0 Å². The quantitative estimate of drug-likeness (QED) is 0.780. The number of carbonyl (C=O) groups is 2. The van der Waals surface area contributed by atoms with Crippen LogP contribution >= 0.6 is 0 Å². The molecule has 2 amide bonds. The van der Waals surface area contributed by atoms with Crippen LogP contribution in [0.2, 0.25) is 0 Å². The summed E-state index contributed by atoms with van der Waals surface area (Å²) in [5, 5.41) is 14.6. The van der Waals surface area contributed by atoms with Crippen molar-refractivity contribution in [2.24, 2.45) is 0 Å². The van der Waals surface area contributed by atoms with Gasteiger partial charge in [-0.25, -0.2) is 4.68 Å². The molecule has 3 rings (SSSR count). The van der Waals surface area contributed by atoms with Gasteiger partial charge in [-0.15, -0.1) is 5.10 Å². The van der Waals surface area contributed by atoms with Crippen molar-refractivity contribution in [1.82, 2.24) is 25.2 Å². The van der Waals surface area contributed by atoms with Gasteiger partial charge in [-0.05, 0) is 64.4 Å². The van der Waals surface area contributed by atoms with Gasteiger partial charge in [-0.2, -0.15) is 0 Å². The van der Waals surface area contributed by atoms with Crippen molar-refractivity contribution >= 4 is 17.5 Å². The lowest BCUT2D eigenvalue weighted by Crippen LogP contribution is -2.34. The molecule has 1 aliphatic heterocycles. The van der Waals surface area contributed by atoms with Crippen molar-refractivity contribution < 1.29 is 9.59 Å². The summed E-state index contributed by atoms with van der Waals surface area (Å²) in [5.74, 6) is -0.215. The first-order valence-corrected chi connectivity index (χ1v) is 10.2. The summed E-state index contributed by atoms with van der Waals surface area (Å²) in [7, 11) is 0. The summed E-state index contributed by atoms with van der Waals surface area (Å²) in [4.78, 5) is 26.2. The molecule has 8 nitrogen and oxygen atoms in total. The Bertz CT molecular complexity index is 853. The van der Waals surface area contributed by atoms with Crippen molar-refractivity contribution in [3.05, 3.63) is 41.2 Å². The minimum absolute atomic E-state index is 0.0460. The molecule has 1 aliphatic rings. The number of nitrogens with zero attached hydrogens (tertiary/aromatic N) is 4. The van der Waals surface area contributed by atoms with E-state index in [1.807, 2.05) is 49.7 Å². The number of rotatable bonds is 6. The molecular formula is C21H30N6O2. The zero-order valence-electron chi connectivity index (χ0n) is 17.6. The van der Waals surface area contributed by atoms with Gasteiger partial charge in [0.05, 0.1) is 11.7 Å². The highest BCUT2D eigenvalue weighted by Gasteiger charge is 2.23.